The van der Waals surface area contributed by atoms with Gasteiger partial charge in [0.2, 0.25) is 5.91 Å². The van der Waals surface area contributed by atoms with Crippen LogP contribution in [0, 0.1) is 5.82 Å². The Morgan fingerprint density at radius 2 is 1.86 bits per heavy atom. The zero-order valence-corrected chi connectivity index (χ0v) is 12.1. The van der Waals surface area contributed by atoms with E-state index in [-0.39, 0.29) is 18.1 Å². The van der Waals surface area contributed by atoms with Gasteiger partial charge < -0.3 is 10.4 Å². The van der Waals surface area contributed by atoms with Crippen molar-refractivity contribution in [2.75, 3.05) is 0 Å². The predicted octanol–water partition coefficient (Wildman–Crippen LogP) is 2.62. The first-order valence-electron chi connectivity index (χ1n) is 7.23. The van der Waals surface area contributed by atoms with Crippen molar-refractivity contribution in [1.82, 2.24) is 5.32 Å². The summed E-state index contributed by atoms with van der Waals surface area (Å²) >= 11 is 0. The Balaban J connectivity index is 2.19. The molecule has 0 spiro atoms. The molecule has 1 unspecified atom stereocenters. The van der Waals surface area contributed by atoms with Crippen LogP contribution in [0.1, 0.15) is 44.6 Å². The molecule has 1 aromatic rings. The molecule has 114 valence electrons. The smallest absolute Gasteiger partial charge is 0.305 e. The van der Waals surface area contributed by atoms with Crippen LogP contribution in [-0.2, 0) is 15.0 Å². The highest BCUT2D eigenvalue weighted by Gasteiger charge is 2.43. The average Bonchev–Trinajstić information content (AvgIpc) is 2.89. The standard InChI is InChI=1S/C16H20FNO3/c1-11(10-14(19)20)18-15(21)16(8-2-3-9-16)12-4-6-13(17)7-5-12/h4-7,11H,2-3,8-10H2,1H3,(H,18,21)(H,19,20). The molecule has 0 saturated heterocycles. The van der Waals surface area contributed by atoms with Crippen LogP contribution in [0.2, 0.25) is 0 Å². The number of benzene rings is 1. The first kappa shape index (κ1) is 15.5. The third-order valence-electron chi connectivity index (χ3n) is 4.15. The molecular formula is C16H20FNO3. The molecule has 5 heteroatoms. The highest BCUT2D eigenvalue weighted by molar-refractivity contribution is 5.89. The number of carboxylic acid groups (broad SMARTS) is 1. The molecule has 4 nitrogen and oxygen atoms in total. The molecule has 2 N–H and O–H groups in total. The quantitative estimate of drug-likeness (QED) is 0.877. The Morgan fingerprint density at radius 1 is 1.29 bits per heavy atom. The fourth-order valence-corrected chi connectivity index (χ4v) is 3.07. The van der Waals surface area contributed by atoms with Gasteiger partial charge in [0.25, 0.3) is 0 Å². The summed E-state index contributed by atoms with van der Waals surface area (Å²) in [6.07, 6.45) is 3.20. The molecule has 1 aliphatic rings. The minimum atomic E-state index is -0.940. The maximum Gasteiger partial charge on any atom is 0.305 e. The fraction of sp³-hybridized carbons (Fsp3) is 0.500. The predicted molar refractivity (Wildman–Crippen MR) is 76.4 cm³/mol. The van der Waals surface area contributed by atoms with E-state index in [1.165, 1.54) is 12.1 Å². The van der Waals surface area contributed by atoms with Gasteiger partial charge in [0.05, 0.1) is 11.8 Å². The lowest BCUT2D eigenvalue weighted by Crippen LogP contribution is -2.46. The van der Waals surface area contributed by atoms with Crippen molar-refractivity contribution in [3.63, 3.8) is 0 Å². The summed E-state index contributed by atoms with van der Waals surface area (Å²) in [6.45, 7) is 1.68. The van der Waals surface area contributed by atoms with Gasteiger partial charge in [-0.3, -0.25) is 9.59 Å². The SMILES string of the molecule is CC(CC(=O)O)NC(=O)C1(c2ccc(F)cc2)CCCC1. The molecule has 1 atom stereocenters. The number of halogens is 1. The molecule has 0 bridgehead atoms. The number of amides is 1. The second kappa shape index (κ2) is 6.24. The van der Waals surface area contributed by atoms with Gasteiger partial charge in [-0.15, -0.1) is 0 Å². The second-order valence-electron chi connectivity index (χ2n) is 5.77. The summed E-state index contributed by atoms with van der Waals surface area (Å²) in [4.78, 5) is 23.4. The third-order valence-corrected chi connectivity index (χ3v) is 4.15. The molecule has 0 aliphatic heterocycles. The minimum absolute atomic E-state index is 0.106. The van der Waals surface area contributed by atoms with E-state index in [0.29, 0.717) is 12.8 Å². The fourth-order valence-electron chi connectivity index (χ4n) is 3.07. The molecule has 0 radical (unpaired) electrons. The van der Waals surface area contributed by atoms with E-state index >= 15 is 0 Å². The van der Waals surface area contributed by atoms with E-state index in [1.807, 2.05) is 0 Å². The van der Waals surface area contributed by atoms with Gasteiger partial charge in [-0.05, 0) is 37.5 Å². The van der Waals surface area contributed by atoms with Gasteiger partial charge in [-0.1, -0.05) is 25.0 Å². The van der Waals surface area contributed by atoms with Crippen LogP contribution in [-0.4, -0.2) is 23.0 Å². The van der Waals surface area contributed by atoms with Crippen LogP contribution in [0.4, 0.5) is 4.39 Å². The van der Waals surface area contributed by atoms with Crippen molar-refractivity contribution >= 4 is 11.9 Å². The van der Waals surface area contributed by atoms with Crippen molar-refractivity contribution in [2.45, 2.75) is 50.5 Å². The molecular weight excluding hydrogens is 273 g/mol. The van der Waals surface area contributed by atoms with Crippen LogP contribution in [0.15, 0.2) is 24.3 Å². The third kappa shape index (κ3) is 3.40. The summed E-state index contributed by atoms with van der Waals surface area (Å²) in [5.74, 6) is -1.42. The van der Waals surface area contributed by atoms with Crippen molar-refractivity contribution in [3.8, 4) is 0 Å². The Hall–Kier alpha value is -1.91. The van der Waals surface area contributed by atoms with E-state index in [0.717, 1.165) is 18.4 Å². The summed E-state index contributed by atoms with van der Waals surface area (Å²) in [7, 11) is 0. The lowest BCUT2D eigenvalue weighted by atomic mass is 9.77. The number of carboxylic acids is 1. The molecule has 1 saturated carbocycles. The number of carbonyl (C=O) groups is 2. The maximum absolute atomic E-state index is 13.1. The largest absolute Gasteiger partial charge is 0.481 e. The zero-order valence-electron chi connectivity index (χ0n) is 12.1. The Labute approximate surface area is 123 Å². The maximum atomic E-state index is 13.1. The average molecular weight is 293 g/mol. The number of nitrogens with one attached hydrogen (secondary N) is 1. The van der Waals surface area contributed by atoms with Crippen molar-refractivity contribution in [3.05, 3.63) is 35.6 Å². The highest BCUT2D eigenvalue weighted by Crippen LogP contribution is 2.41. The van der Waals surface area contributed by atoms with Gasteiger partial charge in [-0.2, -0.15) is 0 Å². The van der Waals surface area contributed by atoms with Gasteiger partial charge in [0.15, 0.2) is 0 Å². The number of aliphatic carboxylic acids is 1. The van der Waals surface area contributed by atoms with E-state index in [9.17, 15) is 14.0 Å². The minimum Gasteiger partial charge on any atom is -0.481 e. The molecule has 1 aliphatic carbocycles. The highest BCUT2D eigenvalue weighted by atomic mass is 19.1. The lowest BCUT2D eigenvalue weighted by Gasteiger charge is -2.29. The normalized spacial score (nSPS) is 18.2. The monoisotopic (exact) mass is 293 g/mol. The molecule has 1 amide bonds. The molecule has 21 heavy (non-hydrogen) atoms. The van der Waals surface area contributed by atoms with Gasteiger partial charge in [0, 0.05) is 6.04 Å². The van der Waals surface area contributed by atoms with Crippen LogP contribution in [0.3, 0.4) is 0 Å². The number of carbonyl (C=O) groups excluding carboxylic acids is 1. The van der Waals surface area contributed by atoms with Crippen molar-refractivity contribution < 1.29 is 19.1 Å². The summed E-state index contributed by atoms with van der Waals surface area (Å²) in [5, 5.41) is 11.6. The van der Waals surface area contributed by atoms with E-state index in [1.54, 1.807) is 19.1 Å². The molecule has 2 rings (SSSR count). The van der Waals surface area contributed by atoms with Crippen LogP contribution >= 0.6 is 0 Å². The van der Waals surface area contributed by atoms with E-state index in [2.05, 4.69) is 5.32 Å². The molecule has 1 fully saturated rings. The molecule has 0 aromatic heterocycles. The summed E-state index contributed by atoms with van der Waals surface area (Å²) in [6, 6.07) is 5.62. The second-order valence-corrected chi connectivity index (χ2v) is 5.77. The number of hydrogen-bond acceptors (Lipinski definition) is 2. The first-order chi connectivity index (χ1) is 9.94. The Bertz CT molecular complexity index is 521. The van der Waals surface area contributed by atoms with Crippen LogP contribution in [0.25, 0.3) is 0 Å². The first-order valence-corrected chi connectivity index (χ1v) is 7.23. The topological polar surface area (TPSA) is 66.4 Å². The molecule has 0 heterocycles. The van der Waals surface area contributed by atoms with Gasteiger partial charge in [-0.25, -0.2) is 4.39 Å². The van der Waals surface area contributed by atoms with E-state index in [4.69, 9.17) is 5.11 Å². The Kier molecular flexibility index (Phi) is 4.60. The van der Waals surface area contributed by atoms with Gasteiger partial charge in [0.1, 0.15) is 5.82 Å². The van der Waals surface area contributed by atoms with Gasteiger partial charge >= 0.3 is 5.97 Å². The number of hydrogen-bond donors (Lipinski definition) is 2. The van der Waals surface area contributed by atoms with E-state index < -0.39 is 17.4 Å². The number of rotatable bonds is 5. The zero-order chi connectivity index (χ0) is 15.5. The molecule has 1 aromatic carbocycles. The lowest BCUT2D eigenvalue weighted by molar-refractivity contribution is -0.137. The van der Waals surface area contributed by atoms with Crippen LogP contribution < -0.4 is 5.32 Å². The summed E-state index contributed by atoms with van der Waals surface area (Å²) < 4.78 is 13.1. The van der Waals surface area contributed by atoms with Crippen LogP contribution in [0.5, 0.6) is 0 Å². The summed E-state index contributed by atoms with van der Waals surface area (Å²) in [5.41, 5.74) is 0.155. The Morgan fingerprint density at radius 3 is 2.38 bits per heavy atom. The van der Waals surface area contributed by atoms with Crippen molar-refractivity contribution in [1.29, 1.82) is 0 Å². The van der Waals surface area contributed by atoms with Crippen molar-refractivity contribution in [2.24, 2.45) is 0 Å².